The Balaban J connectivity index is 0. The third-order valence-electron chi connectivity index (χ3n) is 4.39. The summed E-state index contributed by atoms with van der Waals surface area (Å²) in [5.41, 5.74) is 0. The van der Waals surface area contributed by atoms with Gasteiger partial charge in [0, 0.05) is 13.3 Å². The fourth-order valence-electron chi connectivity index (χ4n) is 2.67. The fraction of sp³-hybridized carbons (Fsp3) is 0.895. The average Bonchev–Trinajstić information content (AvgIpc) is 2.57. The van der Waals surface area contributed by atoms with Gasteiger partial charge in [0.15, 0.2) is 11.6 Å². The molecule has 0 fully saturated rings. The largest absolute Gasteiger partial charge is 0.466 e. The highest BCUT2D eigenvalue weighted by Crippen LogP contribution is 2.25. The molecule has 0 spiro atoms. The van der Waals surface area contributed by atoms with Gasteiger partial charge in [0.05, 0.1) is 0 Å². The Morgan fingerprint density at radius 2 is 1.00 bits per heavy atom. The van der Waals surface area contributed by atoms with Gasteiger partial charge in [-0.15, -0.1) is 0 Å². The van der Waals surface area contributed by atoms with E-state index in [-0.39, 0.29) is 6.42 Å². The average molecular weight is 426 g/mol. The first-order chi connectivity index (χ1) is 12.9. The first-order valence-electron chi connectivity index (χ1n) is 10.2. The highest BCUT2D eigenvalue weighted by Gasteiger charge is 2.37. The second-order valence-electron chi connectivity index (χ2n) is 7.16. The molecule has 168 valence electrons. The van der Waals surface area contributed by atoms with Crippen LogP contribution in [0.1, 0.15) is 104 Å². The van der Waals surface area contributed by atoms with Crippen molar-refractivity contribution in [2.45, 2.75) is 110 Å². The van der Waals surface area contributed by atoms with Crippen molar-refractivity contribution in [1.29, 1.82) is 0 Å². The summed E-state index contributed by atoms with van der Waals surface area (Å²) >= 11 is 0. The first-order valence-corrected chi connectivity index (χ1v) is 11.8. The van der Waals surface area contributed by atoms with Crippen molar-refractivity contribution < 1.29 is 39.0 Å². The molecule has 0 aliphatic heterocycles. The molecule has 0 rings (SSSR count). The molecule has 28 heavy (non-hydrogen) atoms. The van der Waals surface area contributed by atoms with Gasteiger partial charge >= 0.3 is 7.82 Å². The quantitative estimate of drug-likeness (QED) is 0.109. The molecule has 0 aromatic heterocycles. The van der Waals surface area contributed by atoms with Crippen LogP contribution in [-0.2, 0) is 14.2 Å². The third kappa shape index (κ3) is 21.7. The molecular formula is C19H39O8P. The Labute approximate surface area is 168 Å². The van der Waals surface area contributed by atoms with Crippen LogP contribution in [0.4, 0.5) is 0 Å². The first kappa shape index (κ1) is 29.6. The standard InChI is InChI=1S/C19H36O4.H3O4P/c1-3-4-5-6-7-8-9-10-11-12-13-14-15-16-18(21)19(22,23)17(2)20;1-5(2,3)4/h22-23H,3-16H2,1-2H3;(H3,1,2,3,4). The SMILES string of the molecule is CCCCCCCCCCCCCCCC(=O)C(O)(O)C(C)=O.O=P(O)(O)O. The monoisotopic (exact) mass is 426 g/mol. The van der Waals surface area contributed by atoms with Gasteiger partial charge in [-0.3, -0.25) is 9.59 Å². The van der Waals surface area contributed by atoms with Crippen LogP contribution >= 0.6 is 7.82 Å². The summed E-state index contributed by atoms with van der Waals surface area (Å²) in [6.45, 7) is 3.25. The summed E-state index contributed by atoms with van der Waals surface area (Å²) < 4.78 is 8.88. The van der Waals surface area contributed by atoms with Crippen LogP contribution in [0.15, 0.2) is 0 Å². The Hall–Kier alpha value is -0.630. The van der Waals surface area contributed by atoms with Crippen molar-refractivity contribution >= 4 is 19.4 Å². The van der Waals surface area contributed by atoms with Crippen molar-refractivity contribution in [2.75, 3.05) is 0 Å². The molecule has 0 unspecified atom stereocenters. The van der Waals surface area contributed by atoms with Crippen LogP contribution in [0, 0.1) is 0 Å². The van der Waals surface area contributed by atoms with Gasteiger partial charge in [-0.1, -0.05) is 84.0 Å². The van der Waals surface area contributed by atoms with Gasteiger partial charge in [0.2, 0.25) is 0 Å². The van der Waals surface area contributed by atoms with Gasteiger partial charge in [-0.25, -0.2) is 4.57 Å². The number of Topliss-reactive ketones (excluding diaryl/α,β-unsaturated/α-hetero) is 2. The van der Waals surface area contributed by atoms with Crippen LogP contribution in [0.3, 0.4) is 0 Å². The van der Waals surface area contributed by atoms with E-state index in [4.69, 9.17) is 19.2 Å². The molecule has 0 aliphatic carbocycles. The molecule has 0 amide bonds. The maximum Gasteiger partial charge on any atom is 0.466 e. The minimum Gasteiger partial charge on any atom is -0.354 e. The third-order valence-corrected chi connectivity index (χ3v) is 4.39. The maximum absolute atomic E-state index is 11.5. The molecule has 0 atom stereocenters. The molecule has 0 aromatic carbocycles. The van der Waals surface area contributed by atoms with Crippen LogP contribution in [0.5, 0.6) is 0 Å². The zero-order valence-corrected chi connectivity index (χ0v) is 18.2. The molecule has 0 radical (unpaired) electrons. The van der Waals surface area contributed by atoms with E-state index in [1.54, 1.807) is 0 Å². The zero-order chi connectivity index (χ0) is 22.1. The lowest BCUT2D eigenvalue weighted by Crippen LogP contribution is -2.45. The molecule has 9 heteroatoms. The Morgan fingerprint density at radius 3 is 1.29 bits per heavy atom. The lowest BCUT2D eigenvalue weighted by Gasteiger charge is -2.16. The Bertz CT molecular complexity index is 451. The Kier molecular flexibility index (Phi) is 18.2. The van der Waals surface area contributed by atoms with E-state index in [9.17, 15) is 19.8 Å². The maximum atomic E-state index is 11.5. The van der Waals surface area contributed by atoms with E-state index >= 15 is 0 Å². The van der Waals surface area contributed by atoms with E-state index in [0.29, 0.717) is 6.42 Å². The van der Waals surface area contributed by atoms with Gasteiger partial charge in [-0.2, -0.15) is 0 Å². The highest BCUT2D eigenvalue weighted by atomic mass is 31.2. The molecule has 8 nitrogen and oxygen atoms in total. The number of aliphatic hydroxyl groups is 2. The van der Waals surface area contributed by atoms with Crippen LogP contribution < -0.4 is 0 Å². The van der Waals surface area contributed by atoms with Crippen molar-refractivity contribution in [3.8, 4) is 0 Å². The van der Waals surface area contributed by atoms with Gasteiger partial charge in [-0.05, 0) is 6.42 Å². The number of carbonyl (C=O) groups excluding carboxylic acids is 2. The summed E-state index contributed by atoms with van der Waals surface area (Å²) in [5, 5.41) is 18.6. The number of rotatable bonds is 16. The Morgan fingerprint density at radius 1 is 0.714 bits per heavy atom. The van der Waals surface area contributed by atoms with E-state index in [2.05, 4.69) is 6.92 Å². The molecule has 5 N–H and O–H groups in total. The number of phosphoric acid groups is 1. The van der Waals surface area contributed by atoms with Crippen molar-refractivity contribution in [2.24, 2.45) is 0 Å². The zero-order valence-electron chi connectivity index (χ0n) is 17.3. The summed E-state index contributed by atoms with van der Waals surface area (Å²) in [5.74, 6) is -4.47. The lowest BCUT2D eigenvalue weighted by molar-refractivity contribution is -0.187. The van der Waals surface area contributed by atoms with Crippen LogP contribution in [-0.4, -0.2) is 42.2 Å². The molecule has 0 saturated carbocycles. The summed E-state index contributed by atoms with van der Waals surface area (Å²) in [4.78, 5) is 44.0. The van der Waals surface area contributed by atoms with Crippen molar-refractivity contribution in [1.82, 2.24) is 0 Å². The summed E-state index contributed by atoms with van der Waals surface area (Å²) in [6.07, 6.45) is 15.8. The van der Waals surface area contributed by atoms with E-state index in [0.717, 1.165) is 19.8 Å². The predicted molar refractivity (Wildman–Crippen MR) is 107 cm³/mol. The second-order valence-corrected chi connectivity index (χ2v) is 8.18. The lowest BCUT2D eigenvalue weighted by atomic mass is 10.0. The molecule has 0 heterocycles. The minimum atomic E-state index is -4.64. The van der Waals surface area contributed by atoms with E-state index < -0.39 is 25.2 Å². The van der Waals surface area contributed by atoms with Gasteiger partial charge < -0.3 is 24.9 Å². The van der Waals surface area contributed by atoms with E-state index in [1.165, 1.54) is 64.2 Å². The smallest absolute Gasteiger partial charge is 0.354 e. The minimum absolute atomic E-state index is 0.0599. The molecule has 0 saturated heterocycles. The normalized spacial score (nSPS) is 11.7. The number of ketones is 2. The van der Waals surface area contributed by atoms with Crippen LogP contribution in [0.2, 0.25) is 0 Å². The van der Waals surface area contributed by atoms with Crippen molar-refractivity contribution in [3.05, 3.63) is 0 Å². The predicted octanol–water partition coefficient (Wildman–Crippen LogP) is 3.38. The van der Waals surface area contributed by atoms with Crippen LogP contribution in [0.25, 0.3) is 0 Å². The molecular weight excluding hydrogens is 387 g/mol. The number of hydrogen-bond donors (Lipinski definition) is 5. The highest BCUT2D eigenvalue weighted by molar-refractivity contribution is 7.45. The number of unbranched alkanes of at least 4 members (excludes halogenated alkanes) is 12. The molecule has 0 bridgehead atoms. The topological polar surface area (TPSA) is 152 Å². The van der Waals surface area contributed by atoms with E-state index in [1.807, 2.05) is 0 Å². The summed E-state index contributed by atoms with van der Waals surface area (Å²) in [6, 6.07) is 0. The van der Waals surface area contributed by atoms with Gasteiger partial charge in [0.25, 0.3) is 5.79 Å². The number of hydrogen-bond acceptors (Lipinski definition) is 5. The van der Waals surface area contributed by atoms with Crippen molar-refractivity contribution in [3.63, 3.8) is 0 Å². The van der Waals surface area contributed by atoms with Gasteiger partial charge in [0.1, 0.15) is 0 Å². The number of carbonyl (C=O) groups is 2. The second kappa shape index (κ2) is 17.2. The molecule has 0 aromatic rings. The molecule has 0 aliphatic rings. The summed E-state index contributed by atoms with van der Waals surface area (Å²) in [7, 11) is -4.64. The fourth-order valence-corrected chi connectivity index (χ4v) is 2.67.